The van der Waals surface area contributed by atoms with Gasteiger partial charge in [-0.25, -0.2) is 0 Å². The van der Waals surface area contributed by atoms with Gasteiger partial charge in [-0.2, -0.15) is 0 Å². The van der Waals surface area contributed by atoms with Gasteiger partial charge in [0.1, 0.15) is 6.54 Å². The smallest absolute Gasteiger partial charge is 0.325 e. The second kappa shape index (κ2) is 5.00. The molecule has 0 amide bonds. The number of esters is 1. The summed E-state index contributed by atoms with van der Waals surface area (Å²) in [7, 11) is 3.23. The quantitative estimate of drug-likeness (QED) is 0.777. The molecule has 3 nitrogen and oxygen atoms in total. The largest absolute Gasteiger partial charge is 0.468 e. The maximum Gasteiger partial charge on any atom is 0.325 e. The number of carbonyl (C=O) groups is 1. The summed E-state index contributed by atoms with van der Waals surface area (Å²) >= 11 is 3.37. The first-order chi connectivity index (χ1) is 6.63. The van der Waals surface area contributed by atoms with Crippen molar-refractivity contribution < 1.29 is 9.53 Å². The minimum absolute atomic E-state index is 0.243. The fourth-order valence-electron chi connectivity index (χ4n) is 1.06. The summed E-state index contributed by atoms with van der Waals surface area (Å²) in [6.45, 7) is 0.257. The predicted octanol–water partition coefficient (Wildman–Crippen LogP) is 2.06. The van der Waals surface area contributed by atoms with Gasteiger partial charge in [0.15, 0.2) is 0 Å². The van der Waals surface area contributed by atoms with Crippen LogP contribution in [0.1, 0.15) is 0 Å². The molecular weight excluding hydrogens is 246 g/mol. The minimum Gasteiger partial charge on any atom is -0.468 e. The van der Waals surface area contributed by atoms with Gasteiger partial charge in [-0.3, -0.25) is 4.79 Å². The molecule has 0 N–H and O–H groups in total. The van der Waals surface area contributed by atoms with Crippen LogP contribution in [-0.2, 0) is 9.53 Å². The van der Waals surface area contributed by atoms with Crippen molar-refractivity contribution in [2.24, 2.45) is 0 Å². The standard InChI is InChI=1S/C10H12BrNO2/c1-12(7-10(13)14-2)9-5-3-4-8(11)6-9/h3-6H,7H2,1-2H3. The number of hydrogen-bond donors (Lipinski definition) is 0. The van der Waals surface area contributed by atoms with Crippen LogP contribution in [0.5, 0.6) is 0 Å². The van der Waals surface area contributed by atoms with Gasteiger partial charge >= 0.3 is 5.97 Å². The molecular formula is C10H12BrNO2. The van der Waals surface area contributed by atoms with Gasteiger partial charge in [-0.15, -0.1) is 0 Å². The average molecular weight is 258 g/mol. The van der Waals surface area contributed by atoms with E-state index in [1.54, 1.807) is 0 Å². The summed E-state index contributed by atoms with van der Waals surface area (Å²) in [5.41, 5.74) is 0.977. The van der Waals surface area contributed by atoms with Crippen LogP contribution in [0, 0.1) is 0 Å². The topological polar surface area (TPSA) is 29.5 Å². The molecule has 14 heavy (non-hydrogen) atoms. The van der Waals surface area contributed by atoms with E-state index in [2.05, 4.69) is 20.7 Å². The van der Waals surface area contributed by atoms with E-state index in [1.165, 1.54) is 7.11 Å². The predicted molar refractivity (Wildman–Crippen MR) is 59.4 cm³/mol. The van der Waals surface area contributed by atoms with E-state index in [1.807, 2.05) is 36.2 Å². The van der Waals surface area contributed by atoms with Crippen molar-refractivity contribution in [2.45, 2.75) is 0 Å². The SMILES string of the molecule is COC(=O)CN(C)c1cccc(Br)c1. The lowest BCUT2D eigenvalue weighted by Gasteiger charge is -2.17. The van der Waals surface area contributed by atoms with E-state index in [0.29, 0.717) is 0 Å². The van der Waals surface area contributed by atoms with Gasteiger partial charge in [0, 0.05) is 17.2 Å². The Kier molecular flexibility index (Phi) is 3.95. The van der Waals surface area contributed by atoms with Crippen LogP contribution in [0.15, 0.2) is 28.7 Å². The Labute approximate surface area is 91.8 Å². The van der Waals surface area contributed by atoms with Crippen LogP contribution in [0.3, 0.4) is 0 Å². The number of carbonyl (C=O) groups excluding carboxylic acids is 1. The van der Waals surface area contributed by atoms with Crippen molar-refractivity contribution in [3.8, 4) is 0 Å². The van der Waals surface area contributed by atoms with Gasteiger partial charge in [0.25, 0.3) is 0 Å². The number of hydrogen-bond acceptors (Lipinski definition) is 3. The van der Waals surface area contributed by atoms with Gasteiger partial charge < -0.3 is 9.64 Å². The lowest BCUT2D eigenvalue weighted by Crippen LogP contribution is -2.26. The van der Waals surface area contributed by atoms with E-state index in [0.717, 1.165) is 10.2 Å². The highest BCUT2D eigenvalue weighted by Crippen LogP contribution is 2.18. The Morgan fingerprint density at radius 1 is 1.57 bits per heavy atom. The second-order valence-electron chi connectivity index (χ2n) is 2.91. The zero-order chi connectivity index (χ0) is 10.6. The molecule has 0 aliphatic carbocycles. The molecule has 0 bridgehead atoms. The maximum absolute atomic E-state index is 11.0. The zero-order valence-corrected chi connectivity index (χ0v) is 9.74. The Morgan fingerprint density at radius 3 is 2.86 bits per heavy atom. The molecule has 4 heteroatoms. The fraction of sp³-hybridized carbons (Fsp3) is 0.300. The van der Waals surface area contributed by atoms with Crippen LogP contribution in [-0.4, -0.2) is 26.7 Å². The minimum atomic E-state index is -0.243. The molecule has 0 saturated heterocycles. The number of nitrogens with zero attached hydrogens (tertiary/aromatic N) is 1. The van der Waals surface area contributed by atoms with Gasteiger partial charge in [0.2, 0.25) is 0 Å². The van der Waals surface area contributed by atoms with Gasteiger partial charge in [0.05, 0.1) is 7.11 Å². The molecule has 0 aliphatic heterocycles. The molecule has 0 heterocycles. The van der Waals surface area contributed by atoms with Gasteiger partial charge in [-0.1, -0.05) is 22.0 Å². The van der Waals surface area contributed by atoms with Crippen LogP contribution in [0.4, 0.5) is 5.69 Å². The molecule has 0 saturated carbocycles. The number of benzene rings is 1. The molecule has 1 aromatic carbocycles. The van der Waals surface area contributed by atoms with Crippen molar-refractivity contribution in [3.63, 3.8) is 0 Å². The van der Waals surface area contributed by atoms with Crippen LogP contribution >= 0.6 is 15.9 Å². The van der Waals surface area contributed by atoms with E-state index in [-0.39, 0.29) is 12.5 Å². The molecule has 1 rings (SSSR count). The molecule has 0 atom stereocenters. The number of ether oxygens (including phenoxy) is 1. The lowest BCUT2D eigenvalue weighted by atomic mass is 10.3. The highest BCUT2D eigenvalue weighted by atomic mass is 79.9. The van der Waals surface area contributed by atoms with E-state index >= 15 is 0 Å². The summed E-state index contributed by atoms with van der Waals surface area (Å²) in [4.78, 5) is 12.8. The van der Waals surface area contributed by atoms with Crippen molar-refractivity contribution >= 4 is 27.6 Å². The average Bonchev–Trinajstić information content (AvgIpc) is 2.17. The summed E-state index contributed by atoms with van der Waals surface area (Å²) in [6, 6.07) is 7.75. The van der Waals surface area contributed by atoms with Crippen molar-refractivity contribution in [1.82, 2.24) is 0 Å². The first-order valence-electron chi connectivity index (χ1n) is 4.17. The Bertz CT molecular complexity index is 328. The third-order valence-electron chi connectivity index (χ3n) is 1.84. The van der Waals surface area contributed by atoms with E-state index in [9.17, 15) is 4.79 Å². The molecule has 0 fully saturated rings. The molecule has 0 aliphatic rings. The highest BCUT2D eigenvalue weighted by molar-refractivity contribution is 9.10. The van der Waals surface area contributed by atoms with Crippen LogP contribution in [0.25, 0.3) is 0 Å². The number of rotatable bonds is 3. The van der Waals surface area contributed by atoms with E-state index in [4.69, 9.17) is 0 Å². The number of methoxy groups -OCH3 is 1. The third-order valence-corrected chi connectivity index (χ3v) is 2.34. The molecule has 0 aromatic heterocycles. The van der Waals surface area contributed by atoms with Crippen molar-refractivity contribution in [3.05, 3.63) is 28.7 Å². The Hall–Kier alpha value is -1.03. The van der Waals surface area contributed by atoms with Crippen LogP contribution < -0.4 is 4.90 Å². The Balaban J connectivity index is 2.69. The summed E-state index contributed by atoms with van der Waals surface area (Å²) in [5, 5.41) is 0. The number of likely N-dealkylation sites (N-methyl/N-ethyl adjacent to an activating group) is 1. The Morgan fingerprint density at radius 2 is 2.29 bits per heavy atom. The third kappa shape index (κ3) is 3.03. The lowest BCUT2D eigenvalue weighted by molar-refractivity contribution is -0.138. The number of anilines is 1. The van der Waals surface area contributed by atoms with Gasteiger partial charge in [-0.05, 0) is 18.2 Å². The number of halogens is 1. The molecule has 76 valence electrons. The zero-order valence-electron chi connectivity index (χ0n) is 8.16. The highest BCUT2D eigenvalue weighted by Gasteiger charge is 2.06. The second-order valence-corrected chi connectivity index (χ2v) is 3.83. The van der Waals surface area contributed by atoms with E-state index < -0.39 is 0 Å². The first kappa shape index (κ1) is 11.0. The van der Waals surface area contributed by atoms with Crippen LogP contribution in [0.2, 0.25) is 0 Å². The van der Waals surface area contributed by atoms with Crippen molar-refractivity contribution in [1.29, 1.82) is 0 Å². The monoisotopic (exact) mass is 257 g/mol. The fourth-order valence-corrected chi connectivity index (χ4v) is 1.45. The maximum atomic E-state index is 11.0. The molecule has 0 unspecified atom stereocenters. The molecule has 1 aromatic rings. The summed E-state index contributed by atoms with van der Waals surface area (Å²) in [6.07, 6.45) is 0. The molecule has 0 radical (unpaired) electrons. The normalized spacial score (nSPS) is 9.64. The van der Waals surface area contributed by atoms with Crippen molar-refractivity contribution in [2.75, 3.05) is 25.6 Å². The first-order valence-corrected chi connectivity index (χ1v) is 4.96. The summed E-state index contributed by atoms with van der Waals surface area (Å²) < 4.78 is 5.57. The summed E-state index contributed by atoms with van der Waals surface area (Å²) in [5.74, 6) is -0.243. The molecule has 0 spiro atoms.